The van der Waals surface area contributed by atoms with E-state index in [2.05, 4.69) is 10.3 Å². The lowest BCUT2D eigenvalue weighted by Crippen LogP contribution is -1.95. The summed E-state index contributed by atoms with van der Waals surface area (Å²) in [7, 11) is 3.43. The van der Waals surface area contributed by atoms with Gasteiger partial charge < -0.3 is 10.1 Å². The molecule has 0 spiro atoms. The molecule has 0 aliphatic heterocycles. The molecule has 0 aromatic carbocycles. The predicted molar refractivity (Wildman–Crippen MR) is 47.6 cm³/mol. The number of nitrogens with one attached hydrogen (secondary N) is 1. The standard InChI is InChI=1S/C7H10N2O.ClH/c1-8-7-6(10-2)4-3-5-9-7;/h3-5H,1-2H3,(H,8,9);1H. The zero-order chi connectivity index (χ0) is 7.40. The normalized spacial score (nSPS) is 8.18. The molecule has 0 saturated heterocycles. The van der Waals surface area contributed by atoms with Crippen molar-refractivity contribution in [1.29, 1.82) is 0 Å². The fourth-order valence-corrected chi connectivity index (χ4v) is 0.743. The van der Waals surface area contributed by atoms with Crippen LogP contribution in [-0.4, -0.2) is 19.1 Å². The second-order valence-electron chi connectivity index (χ2n) is 1.80. The molecular formula is C7H11ClN2O. The van der Waals surface area contributed by atoms with Crippen LogP contribution in [0.15, 0.2) is 18.3 Å². The zero-order valence-electron chi connectivity index (χ0n) is 6.50. The Balaban J connectivity index is 0.000001000. The summed E-state index contributed by atoms with van der Waals surface area (Å²) in [6, 6.07) is 3.69. The average Bonchev–Trinajstić information content (AvgIpc) is 2.04. The van der Waals surface area contributed by atoms with Crippen molar-refractivity contribution in [3.05, 3.63) is 18.3 Å². The Bertz CT molecular complexity index is 194. The van der Waals surface area contributed by atoms with Crippen molar-refractivity contribution in [1.82, 2.24) is 4.98 Å². The fourth-order valence-electron chi connectivity index (χ4n) is 0.743. The first kappa shape index (κ1) is 10.0. The maximum absolute atomic E-state index is 5.01. The molecule has 1 heterocycles. The van der Waals surface area contributed by atoms with Gasteiger partial charge in [-0.25, -0.2) is 4.98 Å². The highest BCUT2D eigenvalue weighted by Crippen LogP contribution is 2.18. The van der Waals surface area contributed by atoms with Crippen molar-refractivity contribution in [3.63, 3.8) is 0 Å². The minimum Gasteiger partial charge on any atom is -0.493 e. The van der Waals surface area contributed by atoms with Crippen LogP contribution in [0.4, 0.5) is 5.82 Å². The monoisotopic (exact) mass is 174 g/mol. The van der Waals surface area contributed by atoms with E-state index >= 15 is 0 Å². The first-order valence-electron chi connectivity index (χ1n) is 3.05. The van der Waals surface area contributed by atoms with Crippen LogP contribution in [0.5, 0.6) is 5.75 Å². The summed E-state index contributed by atoms with van der Waals surface area (Å²) in [4.78, 5) is 4.03. The van der Waals surface area contributed by atoms with Crippen LogP contribution in [0.2, 0.25) is 0 Å². The molecule has 0 fully saturated rings. The van der Waals surface area contributed by atoms with Crippen LogP contribution in [0.1, 0.15) is 0 Å². The molecule has 0 aliphatic carbocycles. The van der Waals surface area contributed by atoms with Gasteiger partial charge in [0.05, 0.1) is 7.11 Å². The average molecular weight is 175 g/mol. The lowest BCUT2D eigenvalue weighted by Gasteiger charge is -2.04. The highest BCUT2D eigenvalue weighted by atomic mass is 35.5. The number of pyridine rings is 1. The van der Waals surface area contributed by atoms with Gasteiger partial charge in [-0.2, -0.15) is 0 Å². The van der Waals surface area contributed by atoms with Gasteiger partial charge in [-0.05, 0) is 12.1 Å². The second-order valence-corrected chi connectivity index (χ2v) is 1.80. The number of halogens is 1. The van der Waals surface area contributed by atoms with Crippen LogP contribution in [0, 0.1) is 0 Å². The molecule has 1 aromatic heterocycles. The smallest absolute Gasteiger partial charge is 0.168 e. The molecule has 0 saturated carbocycles. The SMILES string of the molecule is CNc1ncccc1OC.Cl. The Hall–Kier alpha value is -0.960. The Morgan fingerprint density at radius 1 is 1.55 bits per heavy atom. The summed E-state index contributed by atoms with van der Waals surface area (Å²) in [6.45, 7) is 0. The van der Waals surface area contributed by atoms with Crippen LogP contribution < -0.4 is 10.1 Å². The van der Waals surface area contributed by atoms with E-state index < -0.39 is 0 Å². The zero-order valence-corrected chi connectivity index (χ0v) is 7.31. The quantitative estimate of drug-likeness (QED) is 0.739. The molecular weight excluding hydrogens is 164 g/mol. The molecule has 0 unspecified atom stereocenters. The summed E-state index contributed by atoms with van der Waals surface area (Å²) < 4.78 is 5.01. The van der Waals surface area contributed by atoms with Crippen LogP contribution >= 0.6 is 12.4 Å². The minimum absolute atomic E-state index is 0. The van der Waals surface area contributed by atoms with Crippen molar-refractivity contribution in [2.24, 2.45) is 0 Å². The van der Waals surface area contributed by atoms with Gasteiger partial charge in [0.15, 0.2) is 11.6 Å². The molecule has 0 amide bonds. The van der Waals surface area contributed by atoms with E-state index in [4.69, 9.17) is 4.74 Å². The first-order valence-corrected chi connectivity index (χ1v) is 3.05. The number of nitrogens with zero attached hydrogens (tertiary/aromatic N) is 1. The highest BCUT2D eigenvalue weighted by Gasteiger charge is 1.97. The van der Waals surface area contributed by atoms with Gasteiger partial charge in [0.25, 0.3) is 0 Å². The predicted octanol–water partition coefficient (Wildman–Crippen LogP) is 1.55. The maximum atomic E-state index is 5.01. The number of aromatic nitrogens is 1. The van der Waals surface area contributed by atoms with Crippen molar-refractivity contribution in [3.8, 4) is 5.75 Å². The van der Waals surface area contributed by atoms with Gasteiger partial charge in [-0.15, -0.1) is 12.4 Å². The summed E-state index contributed by atoms with van der Waals surface area (Å²) in [5.41, 5.74) is 0. The van der Waals surface area contributed by atoms with E-state index in [0.717, 1.165) is 11.6 Å². The lowest BCUT2D eigenvalue weighted by atomic mass is 10.4. The third-order valence-corrected chi connectivity index (χ3v) is 1.23. The summed E-state index contributed by atoms with van der Waals surface area (Å²) in [5.74, 6) is 1.54. The third kappa shape index (κ3) is 2.27. The van der Waals surface area contributed by atoms with Crippen molar-refractivity contribution in [2.45, 2.75) is 0 Å². The molecule has 3 nitrogen and oxygen atoms in total. The Morgan fingerprint density at radius 2 is 2.27 bits per heavy atom. The first-order chi connectivity index (χ1) is 4.88. The van der Waals surface area contributed by atoms with Crippen LogP contribution in [-0.2, 0) is 0 Å². The molecule has 1 aromatic rings. The molecule has 11 heavy (non-hydrogen) atoms. The largest absolute Gasteiger partial charge is 0.493 e. The van der Waals surface area contributed by atoms with Gasteiger partial charge in [0.1, 0.15) is 0 Å². The van der Waals surface area contributed by atoms with Crippen molar-refractivity contribution in [2.75, 3.05) is 19.5 Å². The lowest BCUT2D eigenvalue weighted by molar-refractivity contribution is 0.415. The number of methoxy groups -OCH3 is 1. The summed E-state index contributed by atoms with van der Waals surface area (Å²) >= 11 is 0. The Kier molecular flexibility index (Phi) is 4.38. The third-order valence-electron chi connectivity index (χ3n) is 1.23. The molecule has 4 heteroatoms. The van der Waals surface area contributed by atoms with Crippen molar-refractivity contribution < 1.29 is 4.74 Å². The van der Waals surface area contributed by atoms with Gasteiger partial charge in [-0.1, -0.05) is 0 Å². The van der Waals surface area contributed by atoms with E-state index in [1.165, 1.54) is 0 Å². The number of rotatable bonds is 2. The summed E-state index contributed by atoms with van der Waals surface area (Å²) in [6.07, 6.45) is 1.72. The van der Waals surface area contributed by atoms with Gasteiger partial charge in [-0.3, -0.25) is 0 Å². The Morgan fingerprint density at radius 3 is 2.73 bits per heavy atom. The van der Waals surface area contributed by atoms with Gasteiger partial charge in [0, 0.05) is 13.2 Å². The molecule has 62 valence electrons. The van der Waals surface area contributed by atoms with E-state index in [1.807, 2.05) is 19.2 Å². The molecule has 0 radical (unpaired) electrons. The Labute approximate surface area is 72.2 Å². The molecule has 1 N–H and O–H groups in total. The molecule has 1 rings (SSSR count). The number of hydrogen-bond acceptors (Lipinski definition) is 3. The highest BCUT2D eigenvalue weighted by molar-refractivity contribution is 5.85. The molecule has 0 aliphatic rings. The number of hydrogen-bond donors (Lipinski definition) is 1. The molecule has 0 bridgehead atoms. The van der Waals surface area contributed by atoms with Gasteiger partial charge >= 0.3 is 0 Å². The number of anilines is 1. The topological polar surface area (TPSA) is 34.2 Å². The fraction of sp³-hybridized carbons (Fsp3) is 0.286. The second kappa shape index (κ2) is 4.79. The van der Waals surface area contributed by atoms with E-state index in [1.54, 1.807) is 13.3 Å². The van der Waals surface area contributed by atoms with Crippen LogP contribution in [0.25, 0.3) is 0 Å². The van der Waals surface area contributed by atoms with E-state index in [-0.39, 0.29) is 12.4 Å². The van der Waals surface area contributed by atoms with E-state index in [0.29, 0.717) is 0 Å². The number of ether oxygens (including phenoxy) is 1. The van der Waals surface area contributed by atoms with E-state index in [9.17, 15) is 0 Å². The maximum Gasteiger partial charge on any atom is 0.168 e. The van der Waals surface area contributed by atoms with Gasteiger partial charge in [0.2, 0.25) is 0 Å². The van der Waals surface area contributed by atoms with Crippen molar-refractivity contribution >= 4 is 18.2 Å². The minimum atomic E-state index is 0. The summed E-state index contributed by atoms with van der Waals surface area (Å²) in [5, 5.41) is 2.91. The van der Waals surface area contributed by atoms with Crippen LogP contribution in [0.3, 0.4) is 0 Å². The molecule has 0 atom stereocenters.